The molecule has 1 N–H and O–H groups in total. The lowest BCUT2D eigenvalue weighted by Gasteiger charge is -2.22. The molecule has 18 heavy (non-hydrogen) atoms. The fourth-order valence-corrected chi connectivity index (χ4v) is 1.76. The summed E-state index contributed by atoms with van der Waals surface area (Å²) >= 11 is 0. The molecule has 2 nitrogen and oxygen atoms in total. The zero-order valence-corrected chi connectivity index (χ0v) is 9.56. The molecular weight excluding hydrogens is 241 g/mol. The van der Waals surface area contributed by atoms with Gasteiger partial charge in [0.2, 0.25) is 0 Å². The summed E-state index contributed by atoms with van der Waals surface area (Å²) in [5, 5.41) is 0. The lowest BCUT2D eigenvalue weighted by Crippen LogP contribution is -2.25. The number of rotatable bonds is 4. The standard InChI is InChI=1S/C13H13F3N2/c14-13(15,16)10-12(11-6-2-1-3-7-11)17-18-8-4-5-9-18/h1-9,12,17H,10H2. The fraction of sp³-hybridized carbons (Fsp3) is 0.231. The molecule has 1 heterocycles. The molecule has 1 atom stereocenters. The number of benzene rings is 1. The van der Waals surface area contributed by atoms with E-state index in [1.807, 2.05) is 0 Å². The lowest BCUT2D eigenvalue weighted by atomic mass is 10.0. The normalized spacial score (nSPS) is 13.3. The van der Waals surface area contributed by atoms with E-state index in [1.165, 1.54) is 4.68 Å². The second-order valence-corrected chi connectivity index (χ2v) is 4.00. The molecule has 0 amide bonds. The maximum atomic E-state index is 12.6. The van der Waals surface area contributed by atoms with E-state index in [0.717, 1.165) is 0 Å². The summed E-state index contributed by atoms with van der Waals surface area (Å²) in [6, 6.07) is 11.3. The largest absolute Gasteiger partial charge is 0.391 e. The molecule has 0 saturated carbocycles. The molecule has 0 aliphatic heterocycles. The van der Waals surface area contributed by atoms with Gasteiger partial charge >= 0.3 is 6.18 Å². The van der Waals surface area contributed by atoms with E-state index in [4.69, 9.17) is 0 Å². The van der Waals surface area contributed by atoms with E-state index >= 15 is 0 Å². The van der Waals surface area contributed by atoms with Crippen molar-refractivity contribution < 1.29 is 13.2 Å². The van der Waals surface area contributed by atoms with Gasteiger partial charge in [0.25, 0.3) is 0 Å². The predicted octanol–water partition coefficient (Wildman–Crippen LogP) is 3.73. The van der Waals surface area contributed by atoms with Gasteiger partial charge in [0.1, 0.15) is 0 Å². The van der Waals surface area contributed by atoms with Crippen LogP contribution in [0.25, 0.3) is 0 Å². The highest BCUT2D eigenvalue weighted by Gasteiger charge is 2.32. The van der Waals surface area contributed by atoms with Crippen LogP contribution in [0.3, 0.4) is 0 Å². The van der Waals surface area contributed by atoms with E-state index in [1.54, 1.807) is 54.9 Å². The van der Waals surface area contributed by atoms with E-state index < -0.39 is 18.6 Å². The maximum Gasteiger partial charge on any atom is 0.391 e. The SMILES string of the molecule is FC(F)(F)CC(Nn1cccc1)c1ccccc1. The number of aromatic nitrogens is 1. The molecule has 0 saturated heterocycles. The summed E-state index contributed by atoms with van der Waals surface area (Å²) in [6.45, 7) is 0. The van der Waals surface area contributed by atoms with Crippen LogP contribution in [0.15, 0.2) is 54.9 Å². The maximum absolute atomic E-state index is 12.6. The Hall–Kier alpha value is -1.91. The lowest BCUT2D eigenvalue weighted by molar-refractivity contribution is -0.137. The summed E-state index contributed by atoms with van der Waals surface area (Å²) in [4.78, 5) is 0. The highest BCUT2D eigenvalue weighted by atomic mass is 19.4. The molecule has 0 radical (unpaired) electrons. The van der Waals surface area contributed by atoms with Crippen molar-refractivity contribution >= 4 is 0 Å². The third-order valence-corrected chi connectivity index (χ3v) is 2.55. The third-order valence-electron chi connectivity index (χ3n) is 2.55. The first-order valence-electron chi connectivity index (χ1n) is 5.56. The minimum Gasteiger partial charge on any atom is -0.319 e. The molecule has 1 aromatic carbocycles. The number of alkyl halides is 3. The van der Waals surface area contributed by atoms with Crippen LogP contribution in [0, 0.1) is 0 Å². The minimum absolute atomic E-state index is 0.614. The van der Waals surface area contributed by atoms with Crippen LogP contribution < -0.4 is 5.43 Å². The number of halogens is 3. The first kappa shape index (κ1) is 12.5. The highest BCUT2D eigenvalue weighted by Crippen LogP contribution is 2.30. The van der Waals surface area contributed by atoms with E-state index in [-0.39, 0.29) is 0 Å². The Balaban J connectivity index is 2.18. The second-order valence-electron chi connectivity index (χ2n) is 4.00. The van der Waals surface area contributed by atoms with Gasteiger partial charge in [0.15, 0.2) is 0 Å². The van der Waals surface area contributed by atoms with Gasteiger partial charge in [-0.05, 0) is 17.7 Å². The van der Waals surface area contributed by atoms with Crippen LogP contribution in [-0.2, 0) is 0 Å². The van der Waals surface area contributed by atoms with Crippen LogP contribution in [-0.4, -0.2) is 10.9 Å². The van der Waals surface area contributed by atoms with Gasteiger partial charge in [-0.2, -0.15) is 13.2 Å². The number of nitrogens with one attached hydrogen (secondary N) is 1. The van der Waals surface area contributed by atoms with Gasteiger partial charge in [0, 0.05) is 12.4 Å². The van der Waals surface area contributed by atoms with Crippen molar-refractivity contribution in [2.24, 2.45) is 0 Å². The van der Waals surface area contributed by atoms with Crippen molar-refractivity contribution in [3.05, 3.63) is 60.4 Å². The molecule has 96 valence electrons. The van der Waals surface area contributed by atoms with Crippen molar-refractivity contribution in [2.75, 3.05) is 5.43 Å². The Labute approximate surface area is 103 Å². The van der Waals surface area contributed by atoms with E-state index in [0.29, 0.717) is 5.56 Å². The summed E-state index contributed by atoms with van der Waals surface area (Å²) < 4.78 is 39.2. The van der Waals surface area contributed by atoms with Gasteiger partial charge in [-0.1, -0.05) is 30.3 Å². The van der Waals surface area contributed by atoms with Gasteiger partial charge in [-0.15, -0.1) is 0 Å². The summed E-state index contributed by atoms with van der Waals surface area (Å²) in [5.41, 5.74) is 3.44. The molecule has 1 unspecified atom stereocenters. The molecule has 2 aromatic rings. The molecule has 1 aromatic heterocycles. The monoisotopic (exact) mass is 254 g/mol. The Morgan fingerprint density at radius 3 is 2.17 bits per heavy atom. The van der Waals surface area contributed by atoms with Crippen molar-refractivity contribution in [3.8, 4) is 0 Å². The fourth-order valence-electron chi connectivity index (χ4n) is 1.76. The van der Waals surface area contributed by atoms with Gasteiger partial charge < -0.3 is 5.43 Å². The van der Waals surface area contributed by atoms with Crippen molar-refractivity contribution in [1.82, 2.24) is 4.68 Å². The Kier molecular flexibility index (Phi) is 3.60. The van der Waals surface area contributed by atoms with Crippen molar-refractivity contribution in [2.45, 2.75) is 18.6 Å². The minimum atomic E-state index is -4.21. The van der Waals surface area contributed by atoms with Crippen LogP contribution in [0.1, 0.15) is 18.0 Å². The molecule has 0 fully saturated rings. The van der Waals surface area contributed by atoms with Crippen molar-refractivity contribution in [3.63, 3.8) is 0 Å². The van der Waals surface area contributed by atoms with Crippen LogP contribution >= 0.6 is 0 Å². The Bertz CT molecular complexity index is 463. The quantitative estimate of drug-likeness (QED) is 0.879. The summed E-state index contributed by atoms with van der Waals surface area (Å²) in [5.74, 6) is 0. The smallest absolute Gasteiger partial charge is 0.319 e. The summed E-state index contributed by atoms with van der Waals surface area (Å²) in [6.07, 6.45) is -1.77. The molecule has 0 aliphatic carbocycles. The van der Waals surface area contributed by atoms with E-state index in [9.17, 15) is 13.2 Å². The molecular formula is C13H13F3N2. The molecule has 5 heteroatoms. The zero-order chi connectivity index (χ0) is 13.0. The predicted molar refractivity (Wildman–Crippen MR) is 63.6 cm³/mol. The van der Waals surface area contributed by atoms with E-state index in [2.05, 4.69) is 5.43 Å². The Morgan fingerprint density at radius 2 is 1.61 bits per heavy atom. The average Bonchev–Trinajstić information content (AvgIpc) is 2.80. The van der Waals surface area contributed by atoms with Gasteiger partial charge in [-0.25, -0.2) is 0 Å². The second kappa shape index (κ2) is 5.16. The first-order valence-corrected chi connectivity index (χ1v) is 5.56. The van der Waals surface area contributed by atoms with Crippen LogP contribution in [0.2, 0.25) is 0 Å². The molecule has 0 bridgehead atoms. The van der Waals surface area contributed by atoms with Crippen LogP contribution in [0.5, 0.6) is 0 Å². The highest BCUT2D eigenvalue weighted by molar-refractivity contribution is 5.21. The zero-order valence-electron chi connectivity index (χ0n) is 9.56. The molecule has 0 aliphatic rings. The van der Waals surface area contributed by atoms with Gasteiger partial charge in [-0.3, -0.25) is 4.68 Å². The van der Waals surface area contributed by atoms with Gasteiger partial charge in [0.05, 0.1) is 12.5 Å². The van der Waals surface area contributed by atoms with Crippen molar-refractivity contribution in [1.29, 1.82) is 0 Å². The number of hydrogen-bond donors (Lipinski definition) is 1. The average molecular weight is 254 g/mol. The number of hydrogen-bond acceptors (Lipinski definition) is 1. The number of nitrogens with zero attached hydrogens (tertiary/aromatic N) is 1. The first-order chi connectivity index (χ1) is 8.54. The molecule has 0 spiro atoms. The van der Waals surface area contributed by atoms with Crippen LogP contribution in [0.4, 0.5) is 13.2 Å². The molecule has 2 rings (SSSR count). The topological polar surface area (TPSA) is 17.0 Å². The Morgan fingerprint density at radius 1 is 1.00 bits per heavy atom. The summed E-state index contributed by atoms with van der Waals surface area (Å²) in [7, 11) is 0. The third kappa shape index (κ3) is 3.55.